The molecule has 0 fully saturated rings. The predicted molar refractivity (Wildman–Crippen MR) is 64.2 cm³/mol. The number of ether oxygens (including phenoxy) is 1. The molecule has 0 saturated carbocycles. The third-order valence-electron chi connectivity index (χ3n) is 2.08. The van der Waals surface area contributed by atoms with E-state index in [1.165, 1.54) is 14.0 Å². The number of sulfone groups is 1. The molecule has 0 aromatic heterocycles. The van der Waals surface area contributed by atoms with Gasteiger partial charge in [-0.3, -0.25) is 0 Å². The zero-order valence-electron chi connectivity index (χ0n) is 10.3. The maximum absolute atomic E-state index is 11.3. The Labute approximate surface area is 106 Å². The topological polar surface area (TPSA) is 122 Å². The first-order valence-corrected chi connectivity index (χ1v) is 7.11. The van der Waals surface area contributed by atoms with Crippen LogP contribution < -0.4 is 10.6 Å². The fourth-order valence-electron chi connectivity index (χ4n) is 1.02. The summed E-state index contributed by atoms with van der Waals surface area (Å²) in [7, 11) is -1.84. The monoisotopic (exact) mass is 282 g/mol. The Morgan fingerprint density at radius 1 is 1.39 bits per heavy atom. The number of carboxylic acids is 1. The molecule has 8 nitrogen and oxygen atoms in total. The smallest absolute Gasteiger partial charge is 0.328 e. The van der Waals surface area contributed by atoms with Crippen LogP contribution in [-0.4, -0.2) is 63.3 Å². The van der Waals surface area contributed by atoms with E-state index in [1.807, 2.05) is 0 Å². The Balaban J connectivity index is 4.07. The molecule has 0 aliphatic carbocycles. The Kier molecular flexibility index (Phi) is 7.29. The van der Waals surface area contributed by atoms with E-state index in [2.05, 4.69) is 15.4 Å². The Bertz CT molecular complexity index is 381. The van der Waals surface area contributed by atoms with Gasteiger partial charge in [-0.25, -0.2) is 18.0 Å². The molecular weight excluding hydrogens is 264 g/mol. The van der Waals surface area contributed by atoms with Crippen molar-refractivity contribution in [1.29, 1.82) is 0 Å². The lowest BCUT2D eigenvalue weighted by atomic mass is 10.3. The molecular formula is C9H18N2O6S. The molecule has 1 atom stereocenters. The van der Waals surface area contributed by atoms with Gasteiger partial charge in [0.05, 0.1) is 12.4 Å². The Morgan fingerprint density at radius 3 is 2.44 bits per heavy atom. The van der Waals surface area contributed by atoms with Gasteiger partial charge in [-0.05, 0) is 0 Å². The van der Waals surface area contributed by atoms with Crippen LogP contribution in [0.3, 0.4) is 0 Å². The Morgan fingerprint density at radius 2 is 2.00 bits per heavy atom. The van der Waals surface area contributed by atoms with Gasteiger partial charge in [0.2, 0.25) is 0 Å². The van der Waals surface area contributed by atoms with Crippen molar-refractivity contribution in [2.45, 2.75) is 13.0 Å². The third-order valence-corrected chi connectivity index (χ3v) is 3.78. The van der Waals surface area contributed by atoms with Crippen LogP contribution in [0, 0.1) is 0 Å². The number of amides is 2. The van der Waals surface area contributed by atoms with Crippen LogP contribution >= 0.6 is 0 Å². The number of aliphatic carboxylic acids is 1. The standard InChI is InChI=1S/C9H18N2O6S/c1-3-18(15,16)5-4-10-9(14)11-7(6-17-2)8(12)13/h7H,3-6H2,1-2H3,(H,12,13)(H2,10,11,14). The van der Waals surface area contributed by atoms with E-state index in [0.717, 1.165) is 0 Å². The molecule has 0 aliphatic rings. The van der Waals surface area contributed by atoms with Gasteiger partial charge in [-0.1, -0.05) is 6.92 Å². The molecule has 106 valence electrons. The van der Waals surface area contributed by atoms with Gasteiger partial charge in [-0.15, -0.1) is 0 Å². The van der Waals surface area contributed by atoms with Crippen LogP contribution in [-0.2, 0) is 19.4 Å². The Hall–Kier alpha value is -1.35. The molecule has 18 heavy (non-hydrogen) atoms. The van der Waals surface area contributed by atoms with E-state index in [-0.39, 0.29) is 24.7 Å². The molecule has 0 aliphatic heterocycles. The van der Waals surface area contributed by atoms with Crippen LogP contribution in [0.15, 0.2) is 0 Å². The first-order chi connectivity index (χ1) is 8.32. The average Bonchev–Trinajstić information content (AvgIpc) is 2.28. The molecule has 2 amide bonds. The zero-order chi connectivity index (χ0) is 14.2. The largest absolute Gasteiger partial charge is 0.480 e. The average molecular weight is 282 g/mol. The van der Waals surface area contributed by atoms with E-state index in [1.54, 1.807) is 0 Å². The highest BCUT2D eigenvalue weighted by Gasteiger charge is 2.19. The highest BCUT2D eigenvalue weighted by atomic mass is 32.2. The van der Waals surface area contributed by atoms with Crippen molar-refractivity contribution in [2.75, 3.05) is 31.8 Å². The summed E-state index contributed by atoms with van der Waals surface area (Å²) in [4.78, 5) is 22.0. The van der Waals surface area contributed by atoms with Crippen molar-refractivity contribution in [3.05, 3.63) is 0 Å². The number of carbonyl (C=O) groups excluding carboxylic acids is 1. The molecule has 3 N–H and O–H groups in total. The van der Waals surface area contributed by atoms with Gasteiger partial charge < -0.3 is 20.5 Å². The molecule has 0 radical (unpaired) electrons. The number of nitrogens with one attached hydrogen (secondary N) is 2. The fourth-order valence-corrected chi connectivity index (χ4v) is 1.72. The molecule has 0 aromatic rings. The SMILES string of the molecule is CCS(=O)(=O)CCNC(=O)NC(COC)C(=O)O. The first kappa shape index (κ1) is 16.6. The van der Waals surface area contributed by atoms with Crippen molar-refractivity contribution in [1.82, 2.24) is 10.6 Å². The molecule has 0 aromatic carbocycles. The van der Waals surface area contributed by atoms with Crippen LogP contribution in [0.1, 0.15) is 6.92 Å². The minimum absolute atomic E-state index is 0.00226. The summed E-state index contributed by atoms with van der Waals surface area (Å²) in [5.74, 6) is -1.41. The summed E-state index contributed by atoms with van der Waals surface area (Å²) in [6.45, 7) is 1.27. The molecule has 0 spiro atoms. The van der Waals surface area contributed by atoms with Gasteiger partial charge >= 0.3 is 12.0 Å². The van der Waals surface area contributed by atoms with Crippen LogP contribution in [0.2, 0.25) is 0 Å². The van der Waals surface area contributed by atoms with Crippen molar-refractivity contribution in [3.63, 3.8) is 0 Å². The van der Waals surface area contributed by atoms with E-state index in [4.69, 9.17) is 5.11 Å². The van der Waals surface area contributed by atoms with Crippen molar-refractivity contribution >= 4 is 21.8 Å². The summed E-state index contributed by atoms with van der Waals surface area (Å²) in [5, 5.41) is 13.1. The van der Waals surface area contributed by atoms with Crippen molar-refractivity contribution in [2.24, 2.45) is 0 Å². The second-order valence-corrected chi connectivity index (χ2v) is 5.96. The van der Waals surface area contributed by atoms with E-state index >= 15 is 0 Å². The lowest BCUT2D eigenvalue weighted by Crippen LogP contribution is -2.49. The highest BCUT2D eigenvalue weighted by Crippen LogP contribution is 1.88. The lowest BCUT2D eigenvalue weighted by Gasteiger charge is -2.14. The summed E-state index contributed by atoms with van der Waals surface area (Å²) >= 11 is 0. The number of methoxy groups -OCH3 is 1. The highest BCUT2D eigenvalue weighted by molar-refractivity contribution is 7.91. The summed E-state index contributed by atoms with van der Waals surface area (Å²) in [6, 6.07) is -1.91. The third kappa shape index (κ3) is 7.07. The number of rotatable bonds is 8. The first-order valence-electron chi connectivity index (χ1n) is 5.29. The molecule has 1 unspecified atom stereocenters. The molecule has 0 rings (SSSR count). The fraction of sp³-hybridized carbons (Fsp3) is 0.778. The van der Waals surface area contributed by atoms with Gasteiger partial charge in [0.15, 0.2) is 15.9 Å². The summed E-state index contributed by atoms with van der Waals surface area (Å²) < 4.78 is 26.9. The molecule has 0 heterocycles. The summed E-state index contributed by atoms with van der Waals surface area (Å²) in [5.41, 5.74) is 0. The number of carbonyl (C=O) groups is 2. The zero-order valence-corrected chi connectivity index (χ0v) is 11.1. The quantitative estimate of drug-likeness (QED) is 0.515. The van der Waals surface area contributed by atoms with Crippen molar-refractivity contribution < 1.29 is 27.9 Å². The number of urea groups is 1. The van der Waals surface area contributed by atoms with Crippen LogP contribution in [0.25, 0.3) is 0 Å². The normalized spacial score (nSPS) is 12.8. The van der Waals surface area contributed by atoms with Crippen LogP contribution in [0.5, 0.6) is 0 Å². The minimum Gasteiger partial charge on any atom is -0.480 e. The number of hydrogen-bond donors (Lipinski definition) is 3. The predicted octanol–water partition coefficient (Wildman–Crippen LogP) is -1.18. The molecule has 0 bridgehead atoms. The number of hydrogen-bond acceptors (Lipinski definition) is 5. The summed E-state index contributed by atoms with van der Waals surface area (Å²) in [6.07, 6.45) is 0. The van der Waals surface area contributed by atoms with Crippen LogP contribution in [0.4, 0.5) is 4.79 Å². The van der Waals surface area contributed by atoms with Crippen molar-refractivity contribution in [3.8, 4) is 0 Å². The van der Waals surface area contributed by atoms with Gasteiger partial charge in [0.25, 0.3) is 0 Å². The lowest BCUT2D eigenvalue weighted by molar-refractivity contribution is -0.140. The number of carboxylic acid groups (broad SMARTS) is 1. The second-order valence-electron chi connectivity index (χ2n) is 3.48. The molecule has 0 saturated heterocycles. The van der Waals surface area contributed by atoms with Gasteiger partial charge in [-0.2, -0.15) is 0 Å². The van der Waals surface area contributed by atoms with E-state index in [9.17, 15) is 18.0 Å². The van der Waals surface area contributed by atoms with E-state index < -0.39 is 27.9 Å². The second kappa shape index (κ2) is 7.88. The van der Waals surface area contributed by atoms with E-state index in [0.29, 0.717) is 0 Å². The molecule has 9 heteroatoms. The van der Waals surface area contributed by atoms with Gasteiger partial charge in [0.1, 0.15) is 0 Å². The maximum Gasteiger partial charge on any atom is 0.328 e. The maximum atomic E-state index is 11.3. The van der Waals surface area contributed by atoms with Gasteiger partial charge in [0, 0.05) is 19.4 Å². The minimum atomic E-state index is -3.15.